The summed E-state index contributed by atoms with van der Waals surface area (Å²) in [6.07, 6.45) is 13.2. The van der Waals surface area contributed by atoms with E-state index in [0.29, 0.717) is 6.42 Å². The second-order valence-electron chi connectivity index (χ2n) is 5.63. The summed E-state index contributed by atoms with van der Waals surface area (Å²) in [6.45, 7) is 6.20. The van der Waals surface area contributed by atoms with Crippen molar-refractivity contribution in [3.8, 4) is 0 Å². The molecule has 0 aromatic rings. The van der Waals surface area contributed by atoms with Crippen LogP contribution in [0.1, 0.15) is 59.3 Å². The van der Waals surface area contributed by atoms with E-state index in [1.165, 1.54) is 31.8 Å². The van der Waals surface area contributed by atoms with Gasteiger partial charge < -0.3 is 10.4 Å². The average molecular weight is 295 g/mol. The lowest BCUT2D eigenvalue weighted by atomic mass is 10.0. The molecule has 120 valence electrons. The first-order valence-corrected chi connectivity index (χ1v) is 7.83. The number of carboxylic acids is 1. The van der Waals surface area contributed by atoms with Crippen LogP contribution in [0.15, 0.2) is 24.3 Å². The van der Waals surface area contributed by atoms with E-state index in [-0.39, 0.29) is 5.91 Å². The first kappa shape index (κ1) is 19.4. The summed E-state index contributed by atoms with van der Waals surface area (Å²) >= 11 is 0. The average Bonchev–Trinajstić information content (AvgIpc) is 2.42. The van der Waals surface area contributed by atoms with Crippen molar-refractivity contribution in [2.24, 2.45) is 5.92 Å². The molecule has 4 heteroatoms. The fourth-order valence-corrected chi connectivity index (χ4v) is 1.87. The van der Waals surface area contributed by atoms with Gasteiger partial charge in [0.15, 0.2) is 0 Å². The standard InChI is InChI=1S/C17H29NO3/c1-4-15(17(20)21)18-16(19)13-11-9-7-5-6-8-10-12-14(2)3/h7,9,11,13-15H,4-6,8,10,12H2,1-3H3,(H,18,19)(H,20,21)/b9-7+,13-11+. The molecule has 0 spiro atoms. The Labute approximate surface area is 128 Å². The SMILES string of the molecule is CCC(NC(=O)/C=C/C=C/CCCCCC(C)C)C(=O)O. The number of carbonyl (C=O) groups is 2. The van der Waals surface area contributed by atoms with Gasteiger partial charge in [-0.05, 0) is 25.2 Å². The van der Waals surface area contributed by atoms with Gasteiger partial charge in [0.05, 0.1) is 0 Å². The van der Waals surface area contributed by atoms with Gasteiger partial charge in [-0.25, -0.2) is 4.79 Å². The zero-order valence-corrected chi connectivity index (χ0v) is 13.5. The topological polar surface area (TPSA) is 66.4 Å². The van der Waals surface area contributed by atoms with Crippen molar-refractivity contribution in [1.29, 1.82) is 0 Å². The molecule has 0 bridgehead atoms. The first-order valence-electron chi connectivity index (χ1n) is 7.83. The van der Waals surface area contributed by atoms with Crippen LogP contribution in [0.2, 0.25) is 0 Å². The highest BCUT2D eigenvalue weighted by Crippen LogP contribution is 2.09. The highest BCUT2D eigenvalue weighted by atomic mass is 16.4. The van der Waals surface area contributed by atoms with Crippen LogP contribution in [0.3, 0.4) is 0 Å². The predicted molar refractivity (Wildman–Crippen MR) is 86.1 cm³/mol. The Balaban J connectivity index is 3.76. The lowest BCUT2D eigenvalue weighted by molar-refractivity contribution is -0.141. The highest BCUT2D eigenvalue weighted by molar-refractivity contribution is 5.91. The zero-order chi connectivity index (χ0) is 16.1. The lowest BCUT2D eigenvalue weighted by Crippen LogP contribution is -2.39. The molecule has 0 heterocycles. The highest BCUT2D eigenvalue weighted by Gasteiger charge is 2.15. The molecule has 0 aliphatic heterocycles. The fourth-order valence-electron chi connectivity index (χ4n) is 1.87. The van der Waals surface area contributed by atoms with E-state index in [9.17, 15) is 9.59 Å². The Bertz CT molecular complexity index is 359. The third kappa shape index (κ3) is 11.9. The second-order valence-corrected chi connectivity index (χ2v) is 5.63. The van der Waals surface area contributed by atoms with Crippen LogP contribution in [0.5, 0.6) is 0 Å². The lowest BCUT2D eigenvalue weighted by Gasteiger charge is -2.09. The largest absolute Gasteiger partial charge is 0.480 e. The number of allylic oxidation sites excluding steroid dienone is 3. The van der Waals surface area contributed by atoms with E-state index in [2.05, 4.69) is 19.2 Å². The van der Waals surface area contributed by atoms with Gasteiger partial charge in [0.2, 0.25) is 5.91 Å². The molecule has 2 N–H and O–H groups in total. The summed E-state index contributed by atoms with van der Waals surface area (Å²) in [6, 6.07) is -0.813. The van der Waals surface area contributed by atoms with Crippen LogP contribution in [-0.4, -0.2) is 23.0 Å². The van der Waals surface area contributed by atoms with Gasteiger partial charge in [-0.1, -0.05) is 58.3 Å². The molecule has 1 unspecified atom stereocenters. The maximum Gasteiger partial charge on any atom is 0.326 e. The Morgan fingerprint density at radius 1 is 1.14 bits per heavy atom. The summed E-state index contributed by atoms with van der Waals surface area (Å²) < 4.78 is 0. The molecule has 21 heavy (non-hydrogen) atoms. The van der Waals surface area contributed by atoms with Crippen molar-refractivity contribution in [3.05, 3.63) is 24.3 Å². The molecule has 4 nitrogen and oxygen atoms in total. The van der Waals surface area contributed by atoms with E-state index in [1.54, 1.807) is 13.0 Å². The predicted octanol–water partition coefficient (Wildman–Crippen LogP) is 3.68. The van der Waals surface area contributed by atoms with E-state index >= 15 is 0 Å². The van der Waals surface area contributed by atoms with Crippen LogP contribution in [0.25, 0.3) is 0 Å². The number of hydrogen-bond donors (Lipinski definition) is 2. The number of rotatable bonds is 11. The van der Waals surface area contributed by atoms with Gasteiger partial charge in [-0.3, -0.25) is 4.79 Å². The second kappa shape index (κ2) is 12.2. The summed E-state index contributed by atoms with van der Waals surface area (Å²) in [5.41, 5.74) is 0. The van der Waals surface area contributed by atoms with Gasteiger partial charge in [0, 0.05) is 6.08 Å². The molecule has 0 fully saturated rings. The van der Waals surface area contributed by atoms with Crippen LogP contribution >= 0.6 is 0 Å². The number of carbonyl (C=O) groups excluding carboxylic acids is 1. The smallest absolute Gasteiger partial charge is 0.326 e. The van der Waals surface area contributed by atoms with Gasteiger partial charge >= 0.3 is 5.97 Å². The van der Waals surface area contributed by atoms with Crippen molar-refractivity contribution in [1.82, 2.24) is 5.32 Å². The quantitative estimate of drug-likeness (QED) is 0.347. The summed E-state index contributed by atoms with van der Waals surface area (Å²) in [4.78, 5) is 22.2. The monoisotopic (exact) mass is 295 g/mol. The maximum absolute atomic E-state index is 11.5. The molecular weight excluding hydrogens is 266 g/mol. The fraction of sp³-hybridized carbons (Fsp3) is 0.647. The molecule has 0 radical (unpaired) electrons. The van der Waals surface area contributed by atoms with Gasteiger partial charge in [-0.2, -0.15) is 0 Å². The molecule has 0 saturated carbocycles. The summed E-state index contributed by atoms with van der Waals surface area (Å²) in [5.74, 6) is -0.596. The number of unbranched alkanes of at least 4 members (excludes halogenated alkanes) is 3. The molecule has 0 rings (SSSR count). The van der Waals surface area contributed by atoms with Crippen molar-refractivity contribution < 1.29 is 14.7 Å². The minimum Gasteiger partial charge on any atom is -0.480 e. The number of carboxylic acid groups (broad SMARTS) is 1. The Morgan fingerprint density at radius 3 is 2.43 bits per heavy atom. The van der Waals surface area contributed by atoms with Gasteiger partial charge in [0.1, 0.15) is 6.04 Å². The van der Waals surface area contributed by atoms with Crippen LogP contribution in [0, 0.1) is 5.92 Å². The van der Waals surface area contributed by atoms with Crippen molar-refractivity contribution in [2.45, 2.75) is 65.3 Å². The first-order chi connectivity index (χ1) is 9.97. The maximum atomic E-state index is 11.5. The number of amides is 1. The number of hydrogen-bond acceptors (Lipinski definition) is 2. The van der Waals surface area contributed by atoms with Crippen LogP contribution < -0.4 is 5.32 Å². The zero-order valence-electron chi connectivity index (χ0n) is 13.5. The Hall–Kier alpha value is -1.58. The van der Waals surface area contributed by atoms with E-state index in [1.807, 2.05) is 12.2 Å². The molecule has 0 aliphatic rings. The molecule has 0 aliphatic carbocycles. The minimum absolute atomic E-state index is 0.370. The normalized spacial score (nSPS) is 13.1. The molecule has 1 atom stereocenters. The third-order valence-electron chi connectivity index (χ3n) is 3.17. The van der Waals surface area contributed by atoms with E-state index in [4.69, 9.17) is 5.11 Å². The molecule has 1 amide bonds. The summed E-state index contributed by atoms with van der Waals surface area (Å²) in [7, 11) is 0. The molecule has 0 aromatic carbocycles. The minimum atomic E-state index is -1.00. The van der Waals surface area contributed by atoms with Crippen LogP contribution in [0.4, 0.5) is 0 Å². The Kier molecular flexibility index (Phi) is 11.3. The molecule has 0 saturated heterocycles. The van der Waals surface area contributed by atoms with E-state index in [0.717, 1.165) is 12.3 Å². The number of aliphatic carboxylic acids is 1. The summed E-state index contributed by atoms with van der Waals surface area (Å²) in [5, 5.41) is 11.3. The van der Waals surface area contributed by atoms with Gasteiger partial charge in [-0.15, -0.1) is 0 Å². The molecule has 0 aromatic heterocycles. The molecular formula is C17H29NO3. The Morgan fingerprint density at radius 2 is 1.86 bits per heavy atom. The van der Waals surface area contributed by atoms with Crippen LogP contribution in [-0.2, 0) is 9.59 Å². The van der Waals surface area contributed by atoms with Crippen molar-refractivity contribution >= 4 is 11.9 Å². The van der Waals surface area contributed by atoms with Gasteiger partial charge in [0.25, 0.3) is 0 Å². The van der Waals surface area contributed by atoms with E-state index < -0.39 is 12.0 Å². The van der Waals surface area contributed by atoms with Crippen molar-refractivity contribution in [3.63, 3.8) is 0 Å². The third-order valence-corrected chi connectivity index (χ3v) is 3.17. The van der Waals surface area contributed by atoms with Crippen molar-refractivity contribution in [2.75, 3.05) is 0 Å². The number of nitrogens with one attached hydrogen (secondary N) is 1.